The second-order valence-corrected chi connectivity index (χ2v) is 5.93. The fraction of sp³-hybridized carbons (Fsp3) is 0.308. The largest absolute Gasteiger partial charge is 0.480 e. The molecule has 122 valence electrons. The maximum absolute atomic E-state index is 12.3. The van der Waals surface area contributed by atoms with Gasteiger partial charge in [-0.2, -0.15) is 0 Å². The van der Waals surface area contributed by atoms with E-state index in [4.69, 9.17) is 10.8 Å². The second-order valence-electron chi connectivity index (χ2n) is 4.93. The fourth-order valence-corrected chi connectivity index (χ4v) is 3.09. The van der Waals surface area contributed by atoms with Gasteiger partial charge in [-0.15, -0.1) is 11.3 Å². The van der Waals surface area contributed by atoms with Crippen LogP contribution in [0.5, 0.6) is 0 Å². The number of aromatic nitrogens is 2. The van der Waals surface area contributed by atoms with Gasteiger partial charge in [-0.1, -0.05) is 0 Å². The Morgan fingerprint density at radius 2 is 2.13 bits per heavy atom. The second kappa shape index (κ2) is 6.16. The van der Waals surface area contributed by atoms with E-state index < -0.39 is 30.2 Å². The van der Waals surface area contributed by atoms with Crippen molar-refractivity contribution in [3.63, 3.8) is 0 Å². The topological polar surface area (TPSA) is 144 Å². The lowest BCUT2D eigenvalue weighted by molar-refractivity contribution is -0.140. The molecule has 0 saturated heterocycles. The average molecular weight is 338 g/mol. The van der Waals surface area contributed by atoms with E-state index in [1.165, 1.54) is 10.9 Å². The van der Waals surface area contributed by atoms with Gasteiger partial charge in [0.2, 0.25) is 5.91 Å². The maximum atomic E-state index is 12.3. The molecule has 1 atom stereocenters. The van der Waals surface area contributed by atoms with Crippen LogP contribution in [-0.2, 0) is 16.6 Å². The predicted octanol–water partition coefficient (Wildman–Crippen LogP) is -0.638. The lowest BCUT2D eigenvalue weighted by Gasteiger charge is -2.12. The molecule has 2 amide bonds. The number of primary amides is 1. The summed E-state index contributed by atoms with van der Waals surface area (Å²) in [4.78, 5) is 51.0. The molecule has 23 heavy (non-hydrogen) atoms. The van der Waals surface area contributed by atoms with Gasteiger partial charge in [0, 0.05) is 7.05 Å². The molecule has 0 radical (unpaired) electrons. The van der Waals surface area contributed by atoms with Crippen molar-refractivity contribution in [1.82, 2.24) is 14.9 Å². The van der Waals surface area contributed by atoms with E-state index in [0.29, 0.717) is 15.8 Å². The monoisotopic (exact) mass is 338 g/mol. The summed E-state index contributed by atoms with van der Waals surface area (Å²) in [5, 5.41) is 11.6. The fourth-order valence-electron chi connectivity index (χ4n) is 2.05. The van der Waals surface area contributed by atoms with Crippen LogP contribution in [0.1, 0.15) is 21.7 Å². The zero-order valence-electron chi connectivity index (χ0n) is 12.3. The number of carboxylic acid groups (broad SMARTS) is 1. The summed E-state index contributed by atoms with van der Waals surface area (Å²) in [6, 6.07) is -1.43. The van der Waals surface area contributed by atoms with E-state index >= 15 is 0 Å². The average Bonchev–Trinajstić information content (AvgIpc) is 2.79. The third-order valence-corrected chi connectivity index (χ3v) is 4.42. The summed E-state index contributed by atoms with van der Waals surface area (Å²) in [6.07, 6.45) is 0.820. The van der Waals surface area contributed by atoms with Gasteiger partial charge in [-0.05, 0) is 12.5 Å². The first-order chi connectivity index (χ1) is 10.7. The van der Waals surface area contributed by atoms with Crippen molar-refractivity contribution in [2.75, 3.05) is 0 Å². The first kappa shape index (κ1) is 16.6. The Hall–Kier alpha value is -2.75. The number of amides is 2. The van der Waals surface area contributed by atoms with Crippen LogP contribution in [0.2, 0.25) is 0 Å². The van der Waals surface area contributed by atoms with Crippen molar-refractivity contribution in [3.8, 4) is 0 Å². The number of aryl methyl sites for hydroxylation is 2. The number of carboxylic acids is 1. The first-order valence-corrected chi connectivity index (χ1v) is 7.30. The van der Waals surface area contributed by atoms with E-state index in [-0.39, 0.29) is 10.4 Å². The Labute approximate surface area is 133 Å². The van der Waals surface area contributed by atoms with Crippen molar-refractivity contribution < 1.29 is 19.5 Å². The van der Waals surface area contributed by atoms with Crippen LogP contribution in [0.25, 0.3) is 10.2 Å². The van der Waals surface area contributed by atoms with Crippen molar-refractivity contribution in [2.45, 2.75) is 19.4 Å². The molecule has 0 aromatic carbocycles. The summed E-state index contributed by atoms with van der Waals surface area (Å²) in [7, 11) is 1.54. The number of nitrogens with zero attached hydrogens (tertiary/aromatic N) is 2. The molecule has 2 aromatic rings. The number of fused-ring (bicyclic) bond motifs is 1. The van der Waals surface area contributed by atoms with E-state index in [2.05, 4.69) is 10.3 Å². The summed E-state index contributed by atoms with van der Waals surface area (Å²) < 4.78 is 1.29. The normalized spacial score (nSPS) is 12.1. The predicted molar refractivity (Wildman–Crippen MR) is 82.3 cm³/mol. The van der Waals surface area contributed by atoms with Gasteiger partial charge >= 0.3 is 5.97 Å². The van der Waals surface area contributed by atoms with E-state index in [0.717, 1.165) is 11.3 Å². The molecule has 0 spiro atoms. The quantitative estimate of drug-likeness (QED) is 0.661. The zero-order valence-corrected chi connectivity index (χ0v) is 13.1. The van der Waals surface area contributed by atoms with Crippen LogP contribution in [0.15, 0.2) is 11.1 Å². The number of carbonyl (C=O) groups is 3. The number of hydrogen-bond donors (Lipinski definition) is 3. The van der Waals surface area contributed by atoms with Crippen LogP contribution in [-0.4, -0.2) is 38.5 Å². The standard InChI is InChI=1S/C13H14N4O5S/c1-5-8-11(15-4-17(2)12(8)20)23-9(5)10(19)16-6(13(21)22)3-7(14)18/h4,6H,3H2,1-2H3,(H2,14,18)(H,16,19)(H,21,22). The Morgan fingerprint density at radius 3 is 2.70 bits per heavy atom. The summed E-state index contributed by atoms with van der Waals surface area (Å²) in [5.41, 5.74) is 5.09. The molecule has 0 aliphatic rings. The number of carbonyl (C=O) groups excluding carboxylic acids is 2. The molecule has 1 unspecified atom stereocenters. The van der Waals surface area contributed by atoms with Crippen molar-refractivity contribution in [2.24, 2.45) is 12.8 Å². The van der Waals surface area contributed by atoms with Crippen LogP contribution in [0, 0.1) is 6.92 Å². The Bertz CT molecular complexity index is 869. The van der Waals surface area contributed by atoms with Gasteiger partial charge in [-0.3, -0.25) is 14.4 Å². The smallest absolute Gasteiger partial charge is 0.326 e. The maximum Gasteiger partial charge on any atom is 0.326 e. The molecular weight excluding hydrogens is 324 g/mol. The van der Waals surface area contributed by atoms with Crippen LogP contribution in [0.4, 0.5) is 0 Å². The third-order valence-electron chi connectivity index (χ3n) is 3.23. The van der Waals surface area contributed by atoms with Crippen LogP contribution < -0.4 is 16.6 Å². The minimum atomic E-state index is -1.43. The number of nitrogens with two attached hydrogens (primary N) is 1. The van der Waals surface area contributed by atoms with Gasteiger partial charge in [0.05, 0.1) is 23.0 Å². The SMILES string of the molecule is Cc1c(C(=O)NC(CC(N)=O)C(=O)O)sc2ncn(C)c(=O)c12. The van der Waals surface area contributed by atoms with Gasteiger partial charge in [0.25, 0.3) is 11.5 Å². The van der Waals surface area contributed by atoms with E-state index in [9.17, 15) is 19.2 Å². The molecule has 10 heteroatoms. The molecule has 0 aliphatic carbocycles. The Balaban J connectivity index is 2.40. The highest BCUT2D eigenvalue weighted by Gasteiger charge is 2.25. The van der Waals surface area contributed by atoms with Crippen LogP contribution >= 0.6 is 11.3 Å². The molecule has 2 rings (SSSR count). The summed E-state index contributed by atoms with van der Waals surface area (Å²) >= 11 is 0.982. The Morgan fingerprint density at radius 1 is 1.48 bits per heavy atom. The molecule has 9 nitrogen and oxygen atoms in total. The summed E-state index contributed by atoms with van der Waals surface area (Å²) in [6.45, 7) is 1.58. The molecule has 0 aliphatic heterocycles. The lowest BCUT2D eigenvalue weighted by atomic mass is 10.1. The number of aliphatic carboxylic acids is 1. The molecule has 4 N–H and O–H groups in total. The minimum Gasteiger partial charge on any atom is -0.480 e. The number of nitrogens with one attached hydrogen (secondary N) is 1. The molecule has 0 fully saturated rings. The van der Waals surface area contributed by atoms with E-state index in [1.807, 2.05) is 0 Å². The van der Waals surface area contributed by atoms with Gasteiger partial charge in [0.15, 0.2) is 0 Å². The third kappa shape index (κ3) is 3.21. The number of hydrogen-bond acceptors (Lipinski definition) is 6. The highest BCUT2D eigenvalue weighted by Crippen LogP contribution is 2.26. The minimum absolute atomic E-state index is 0.173. The zero-order chi connectivity index (χ0) is 17.3. The molecule has 0 saturated carbocycles. The molecule has 2 heterocycles. The van der Waals surface area contributed by atoms with Crippen molar-refractivity contribution >= 4 is 39.3 Å². The van der Waals surface area contributed by atoms with Crippen LogP contribution in [0.3, 0.4) is 0 Å². The molecule has 0 bridgehead atoms. The molecular formula is C13H14N4O5S. The Kier molecular flexibility index (Phi) is 4.45. The highest BCUT2D eigenvalue weighted by atomic mass is 32.1. The highest BCUT2D eigenvalue weighted by molar-refractivity contribution is 7.20. The summed E-state index contributed by atoms with van der Waals surface area (Å²) in [5.74, 6) is -2.91. The van der Waals surface area contributed by atoms with Gasteiger partial charge in [0.1, 0.15) is 10.9 Å². The lowest BCUT2D eigenvalue weighted by Crippen LogP contribution is -2.43. The van der Waals surface area contributed by atoms with Crippen molar-refractivity contribution in [1.29, 1.82) is 0 Å². The van der Waals surface area contributed by atoms with E-state index in [1.54, 1.807) is 14.0 Å². The van der Waals surface area contributed by atoms with Gasteiger partial charge < -0.3 is 20.7 Å². The van der Waals surface area contributed by atoms with Gasteiger partial charge in [-0.25, -0.2) is 9.78 Å². The first-order valence-electron chi connectivity index (χ1n) is 6.49. The van der Waals surface area contributed by atoms with Crippen molar-refractivity contribution in [3.05, 3.63) is 27.1 Å². The molecule has 2 aromatic heterocycles. The number of rotatable bonds is 5. The number of thiophene rings is 1.